The van der Waals surface area contributed by atoms with Crippen molar-refractivity contribution in [2.45, 2.75) is 23.2 Å². The second kappa shape index (κ2) is 3.79. The maximum Gasteiger partial charge on any atom is 0.269 e. The van der Waals surface area contributed by atoms with Crippen LogP contribution in [0, 0.1) is 17.0 Å². The van der Waals surface area contributed by atoms with Crippen molar-refractivity contribution in [1.29, 1.82) is 0 Å². The van der Waals surface area contributed by atoms with Gasteiger partial charge in [0.15, 0.2) is 11.4 Å². The highest BCUT2D eigenvalue weighted by Gasteiger charge is 2.28. The Balaban J connectivity index is 2.13. The van der Waals surface area contributed by atoms with Crippen molar-refractivity contribution in [2.24, 2.45) is 0 Å². The first kappa shape index (κ1) is 11.2. The Morgan fingerprint density at radius 1 is 1.56 bits per heavy atom. The normalized spacial score (nSPS) is 17.1. The van der Waals surface area contributed by atoms with Crippen molar-refractivity contribution in [3.05, 3.63) is 39.7 Å². The molecule has 0 aliphatic carbocycles. The van der Waals surface area contributed by atoms with E-state index in [2.05, 4.69) is 10.1 Å². The molecule has 7 nitrogen and oxygen atoms in total. The topological polar surface area (TPSA) is 94.1 Å². The first-order valence-electron chi connectivity index (χ1n) is 5.13. The second-order valence-corrected chi connectivity index (χ2v) is 4.85. The molecule has 0 saturated carbocycles. The summed E-state index contributed by atoms with van der Waals surface area (Å²) >= 11 is 1.33. The largest absolute Gasteiger partial charge is 0.368 e. The molecule has 1 atom stereocenters. The van der Waals surface area contributed by atoms with Gasteiger partial charge < -0.3 is 5.11 Å². The molecule has 0 spiro atoms. The number of aliphatic hydroxyl groups excluding tert-OH is 1. The first-order valence-corrected chi connectivity index (χ1v) is 5.95. The second-order valence-electron chi connectivity index (χ2n) is 3.84. The lowest BCUT2D eigenvalue weighted by Gasteiger charge is -2.21. The van der Waals surface area contributed by atoms with Gasteiger partial charge in [-0.1, -0.05) is 0 Å². The summed E-state index contributed by atoms with van der Waals surface area (Å²) in [6.45, 7) is 1.73. The number of fused-ring (bicyclic) bond motifs is 2. The van der Waals surface area contributed by atoms with Gasteiger partial charge in [0.25, 0.3) is 5.69 Å². The fourth-order valence-corrected chi connectivity index (χ4v) is 2.84. The molecule has 92 valence electrons. The van der Waals surface area contributed by atoms with Gasteiger partial charge in [-0.15, -0.1) is 0 Å². The fourth-order valence-electron chi connectivity index (χ4n) is 1.81. The Morgan fingerprint density at radius 2 is 2.33 bits per heavy atom. The average molecular weight is 264 g/mol. The van der Waals surface area contributed by atoms with E-state index in [4.69, 9.17) is 0 Å². The lowest BCUT2D eigenvalue weighted by molar-refractivity contribution is -0.385. The molecule has 1 aliphatic heterocycles. The van der Waals surface area contributed by atoms with Gasteiger partial charge in [-0.2, -0.15) is 5.10 Å². The predicted octanol–water partition coefficient (Wildman–Crippen LogP) is 1.50. The van der Waals surface area contributed by atoms with Crippen LogP contribution in [0.5, 0.6) is 0 Å². The van der Waals surface area contributed by atoms with E-state index in [1.807, 2.05) is 0 Å². The number of hydrogen-bond acceptors (Lipinski definition) is 6. The van der Waals surface area contributed by atoms with Gasteiger partial charge in [0.1, 0.15) is 5.82 Å². The van der Waals surface area contributed by atoms with Crippen LogP contribution in [0.3, 0.4) is 0 Å². The summed E-state index contributed by atoms with van der Waals surface area (Å²) in [5.41, 5.74) is 0.431. The van der Waals surface area contributed by atoms with Gasteiger partial charge in [0.05, 0.1) is 4.92 Å². The van der Waals surface area contributed by atoms with Gasteiger partial charge in [0, 0.05) is 22.6 Å². The van der Waals surface area contributed by atoms with Gasteiger partial charge >= 0.3 is 0 Å². The number of aliphatic hydroxyl groups is 1. The molecular formula is C10H8N4O3S. The van der Waals surface area contributed by atoms with Gasteiger partial charge in [0.2, 0.25) is 0 Å². The predicted molar refractivity (Wildman–Crippen MR) is 62.3 cm³/mol. The Bertz CT molecular complexity index is 655. The lowest BCUT2D eigenvalue weighted by atomic mass is 10.1. The van der Waals surface area contributed by atoms with Crippen LogP contribution in [0.4, 0.5) is 5.69 Å². The summed E-state index contributed by atoms with van der Waals surface area (Å²) in [7, 11) is 0. The summed E-state index contributed by atoms with van der Waals surface area (Å²) in [5, 5.41) is 25.5. The minimum atomic E-state index is -1.03. The molecule has 0 fully saturated rings. The molecule has 1 aromatic heterocycles. The van der Waals surface area contributed by atoms with Crippen molar-refractivity contribution >= 4 is 17.4 Å². The number of nitrogens with zero attached hydrogens (tertiary/aromatic N) is 4. The van der Waals surface area contributed by atoms with Gasteiger partial charge in [-0.25, -0.2) is 9.67 Å². The molecule has 0 saturated heterocycles. The number of non-ortho nitro benzene ring substituents is 1. The number of aromatic nitrogens is 3. The van der Waals surface area contributed by atoms with E-state index in [0.717, 1.165) is 4.90 Å². The van der Waals surface area contributed by atoms with Crippen molar-refractivity contribution < 1.29 is 10.0 Å². The summed E-state index contributed by atoms with van der Waals surface area (Å²) in [6, 6.07) is 4.40. The maximum absolute atomic E-state index is 10.7. The van der Waals surface area contributed by atoms with Crippen LogP contribution in [-0.2, 0) is 0 Å². The van der Waals surface area contributed by atoms with Crippen molar-refractivity contribution in [3.8, 4) is 0 Å². The molecule has 1 aliphatic rings. The monoisotopic (exact) mass is 264 g/mol. The highest BCUT2D eigenvalue weighted by molar-refractivity contribution is 7.99. The van der Waals surface area contributed by atoms with Crippen LogP contribution in [0.1, 0.15) is 17.6 Å². The molecule has 1 aromatic carbocycles. The molecule has 1 N–H and O–H groups in total. The molecule has 2 heterocycles. The quantitative estimate of drug-likeness (QED) is 0.619. The third-order valence-electron chi connectivity index (χ3n) is 2.62. The highest BCUT2D eigenvalue weighted by atomic mass is 32.2. The third-order valence-corrected chi connectivity index (χ3v) is 3.67. The first-order chi connectivity index (χ1) is 8.56. The van der Waals surface area contributed by atoms with Crippen molar-refractivity contribution in [2.75, 3.05) is 0 Å². The summed E-state index contributed by atoms with van der Waals surface area (Å²) < 4.78 is 1.37. The zero-order chi connectivity index (χ0) is 12.9. The smallest absolute Gasteiger partial charge is 0.269 e. The summed E-state index contributed by atoms with van der Waals surface area (Å²) in [5.74, 6) is 0.554. The minimum Gasteiger partial charge on any atom is -0.368 e. The van der Waals surface area contributed by atoms with Crippen molar-refractivity contribution in [3.63, 3.8) is 0 Å². The molecule has 0 unspecified atom stereocenters. The molecular weight excluding hydrogens is 256 g/mol. The minimum absolute atomic E-state index is 0.0475. The van der Waals surface area contributed by atoms with Gasteiger partial charge in [-0.3, -0.25) is 10.1 Å². The van der Waals surface area contributed by atoms with E-state index >= 15 is 0 Å². The highest BCUT2D eigenvalue weighted by Crippen LogP contribution is 2.40. The Hall–Kier alpha value is -1.93. The molecule has 2 aromatic rings. The van der Waals surface area contributed by atoms with Crippen LogP contribution in [0.25, 0.3) is 0 Å². The van der Waals surface area contributed by atoms with E-state index < -0.39 is 11.2 Å². The van der Waals surface area contributed by atoms with E-state index in [1.54, 1.807) is 13.0 Å². The Morgan fingerprint density at radius 3 is 3.06 bits per heavy atom. The number of nitro benzene ring substituents is 1. The third kappa shape index (κ3) is 1.57. The number of aryl methyl sites for hydroxylation is 1. The van der Waals surface area contributed by atoms with E-state index in [9.17, 15) is 15.2 Å². The Labute approximate surface area is 106 Å². The maximum atomic E-state index is 10.7. The van der Waals surface area contributed by atoms with Crippen molar-refractivity contribution in [1.82, 2.24) is 14.8 Å². The zero-order valence-electron chi connectivity index (χ0n) is 9.27. The summed E-state index contributed by atoms with van der Waals surface area (Å²) in [4.78, 5) is 15.2. The van der Waals surface area contributed by atoms with E-state index in [-0.39, 0.29) is 5.69 Å². The van der Waals surface area contributed by atoms with Crippen LogP contribution in [0.2, 0.25) is 0 Å². The molecule has 18 heavy (non-hydrogen) atoms. The van der Waals surface area contributed by atoms with Crippen LogP contribution < -0.4 is 0 Å². The summed E-state index contributed by atoms with van der Waals surface area (Å²) in [6.07, 6.45) is -1.03. The molecule has 0 radical (unpaired) electrons. The standard InChI is InChI=1S/C10H8N4O3S/c1-5-11-10-13(12-5)9(15)7-4-6(14(16)17)2-3-8(7)18-10/h2-4,9,15H,1H3/t9-/m0/s1. The average Bonchev–Trinajstić information content (AvgIpc) is 2.70. The van der Waals surface area contributed by atoms with E-state index in [1.165, 1.54) is 28.6 Å². The van der Waals surface area contributed by atoms with Gasteiger partial charge in [-0.05, 0) is 24.8 Å². The Kier molecular flexibility index (Phi) is 2.35. The molecule has 3 rings (SSSR count). The lowest BCUT2D eigenvalue weighted by Crippen LogP contribution is -2.17. The number of benzene rings is 1. The number of nitro groups is 1. The fraction of sp³-hybridized carbons (Fsp3) is 0.200. The number of rotatable bonds is 1. The van der Waals surface area contributed by atoms with E-state index in [0.29, 0.717) is 16.5 Å². The molecule has 0 amide bonds. The molecule has 8 heteroatoms. The SMILES string of the molecule is Cc1nc2n(n1)[C@@H](O)c1cc([N+](=O)[O-])ccc1S2. The van der Waals surface area contributed by atoms with Crippen LogP contribution in [-0.4, -0.2) is 24.8 Å². The number of hydrogen-bond donors (Lipinski definition) is 1. The van der Waals surface area contributed by atoms with Crippen LogP contribution in [0.15, 0.2) is 28.3 Å². The molecule has 0 bridgehead atoms. The zero-order valence-corrected chi connectivity index (χ0v) is 10.1. The van der Waals surface area contributed by atoms with Crippen LogP contribution >= 0.6 is 11.8 Å².